The van der Waals surface area contributed by atoms with Crippen LogP contribution in [0.15, 0.2) is 24.5 Å². The van der Waals surface area contributed by atoms with Crippen LogP contribution in [0.2, 0.25) is 0 Å². The molecule has 126 valence electrons. The molecule has 5 nitrogen and oxygen atoms in total. The molecule has 0 atom stereocenters. The van der Waals surface area contributed by atoms with Crippen LogP contribution < -0.4 is 10.6 Å². The Labute approximate surface area is 138 Å². The van der Waals surface area contributed by atoms with Gasteiger partial charge in [0.2, 0.25) is 11.8 Å². The van der Waals surface area contributed by atoms with Crippen LogP contribution in [0.5, 0.6) is 0 Å². The third-order valence-electron chi connectivity index (χ3n) is 4.50. The molecule has 2 N–H and O–H groups in total. The van der Waals surface area contributed by atoms with E-state index in [2.05, 4.69) is 15.6 Å². The van der Waals surface area contributed by atoms with E-state index in [1.807, 2.05) is 12.1 Å². The SMILES string of the molecule is CC(C)(C(=O)NCc1cccnc1)C(=O)NC1CCCCCC1. The minimum absolute atomic E-state index is 0.187. The van der Waals surface area contributed by atoms with E-state index in [-0.39, 0.29) is 17.9 Å². The van der Waals surface area contributed by atoms with Gasteiger partial charge in [-0.3, -0.25) is 14.6 Å². The molecule has 0 aromatic carbocycles. The third-order valence-corrected chi connectivity index (χ3v) is 4.50. The number of amides is 2. The maximum atomic E-state index is 12.5. The van der Waals surface area contributed by atoms with Crippen LogP contribution in [-0.4, -0.2) is 22.8 Å². The van der Waals surface area contributed by atoms with Gasteiger partial charge in [-0.2, -0.15) is 0 Å². The Morgan fingerprint density at radius 1 is 1.17 bits per heavy atom. The Hall–Kier alpha value is -1.91. The number of rotatable bonds is 5. The van der Waals surface area contributed by atoms with Crippen LogP contribution >= 0.6 is 0 Å². The molecule has 1 aliphatic rings. The van der Waals surface area contributed by atoms with Gasteiger partial charge in [-0.25, -0.2) is 0 Å². The predicted molar refractivity (Wildman–Crippen MR) is 89.5 cm³/mol. The van der Waals surface area contributed by atoms with Gasteiger partial charge in [-0.05, 0) is 38.3 Å². The normalized spacial score (nSPS) is 16.4. The lowest BCUT2D eigenvalue weighted by atomic mass is 9.90. The number of aromatic nitrogens is 1. The van der Waals surface area contributed by atoms with Crippen molar-refractivity contribution >= 4 is 11.8 Å². The van der Waals surface area contributed by atoms with Gasteiger partial charge >= 0.3 is 0 Å². The van der Waals surface area contributed by atoms with Crippen molar-refractivity contribution < 1.29 is 9.59 Å². The molecule has 1 saturated carbocycles. The van der Waals surface area contributed by atoms with Crippen LogP contribution in [0, 0.1) is 5.41 Å². The van der Waals surface area contributed by atoms with Crippen molar-refractivity contribution in [3.8, 4) is 0 Å². The van der Waals surface area contributed by atoms with Gasteiger partial charge in [0.15, 0.2) is 0 Å². The first-order chi connectivity index (χ1) is 11.0. The van der Waals surface area contributed by atoms with E-state index < -0.39 is 5.41 Å². The van der Waals surface area contributed by atoms with Gasteiger partial charge < -0.3 is 10.6 Å². The van der Waals surface area contributed by atoms with Crippen LogP contribution in [0.25, 0.3) is 0 Å². The van der Waals surface area contributed by atoms with Gasteiger partial charge in [-0.1, -0.05) is 31.7 Å². The minimum atomic E-state index is -1.07. The highest BCUT2D eigenvalue weighted by molar-refractivity contribution is 6.04. The molecule has 0 saturated heterocycles. The summed E-state index contributed by atoms with van der Waals surface area (Å²) in [6.07, 6.45) is 10.2. The highest BCUT2D eigenvalue weighted by Gasteiger charge is 2.36. The maximum Gasteiger partial charge on any atom is 0.235 e. The maximum absolute atomic E-state index is 12.5. The molecule has 1 aromatic rings. The first-order valence-corrected chi connectivity index (χ1v) is 8.48. The smallest absolute Gasteiger partial charge is 0.235 e. The van der Waals surface area contributed by atoms with Crippen molar-refractivity contribution in [2.45, 2.75) is 65.0 Å². The summed E-state index contributed by atoms with van der Waals surface area (Å²) in [5, 5.41) is 5.90. The summed E-state index contributed by atoms with van der Waals surface area (Å²) in [6.45, 7) is 3.74. The molecule has 0 radical (unpaired) electrons. The standard InChI is InChI=1S/C18H27N3O2/c1-18(2,16(22)20-13-14-8-7-11-19-12-14)17(23)21-15-9-5-3-4-6-10-15/h7-8,11-12,15H,3-6,9-10,13H2,1-2H3,(H,20,22)(H,21,23). The van der Waals surface area contributed by atoms with Crippen molar-refractivity contribution in [2.24, 2.45) is 5.41 Å². The molecule has 0 aliphatic heterocycles. The van der Waals surface area contributed by atoms with E-state index in [9.17, 15) is 9.59 Å². The van der Waals surface area contributed by atoms with Gasteiger partial charge in [0.1, 0.15) is 5.41 Å². The third kappa shape index (κ3) is 5.05. The summed E-state index contributed by atoms with van der Waals surface area (Å²) in [5.41, 5.74) is -0.157. The number of pyridine rings is 1. The molecule has 0 bridgehead atoms. The summed E-state index contributed by atoms with van der Waals surface area (Å²) in [7, 11) is 0. The van der Waals surface area contributed by atoms with Gasteiger partial charge in [0.05, 0.1) is 0 Å². The summed E-state index contributed by atoms with van der Waals surface area (Å²) in [6, 6.07) is 3.92. The first-order valence-electron chi connectivity index (χ1n) is 8.48. The van der Waals surface area contributed by atoms with Crippen LogP contribution in [0.3, 0.4) is 0 Å². The van der Waals surface area contributed by atoms with Gasteiger partial charge in [0, 0.05) is 25.0 Å². The number of nitrogens with one attached hydrogen (secondary N) is 2. The Kier molecular flexibility index (Phi) is 6.13. The van der Waals surface area contributed by atoms with Crippen molar-refractivity contribution in [3.05, 3.63) is 30.1 Å². The fourth-order valence-electron chi connectivity index (χ4n) is 2.80. The molecular weight excluding hydrogens is 290 g/mol. The second kappa shape index (κ2) is 8.09. The second-order valence-electron chi connectivity index (χ2n) is 6.83. The summed E-state index contributed by atoms with van der Waals surface area (Å²) in [4.78, 5) is 28.9. The minimum Gasteiger partial charge on any atom is -0.352 e. The van der Waals surface area contributed by atoms with E-state index in [1.165, 1.54) is 12.8 Å². The van der Waals surface area contributed by atoms with Crippen LogP contribution in [-0.2, 0) is 16.1 Å². The van der Waals surface area contributed by atoms with Gasteiger partial charge in [0.25, 0.3) is 0 Å². The number of nitrogens with zero attached hydrogens (tertiary/aromatic N) is 1. The van der Waals surface area contributed by atoms with Crippen LogP contribution in [0.1, 0.15) is 57.9 Å². The molecule has 2 rings (SSSR count). The summed E-state index contributed by atoms with van der Waals surface area (Å²) in [5.74, 6) is -0.444. The Bertz CT molecular complexity index is 520. The average molecular weight is 317 g/mol. The number of hydrogen-bond donors (Lipinski definition) is 2. The molecule has 1 aromatic heterocycles. The molecule has 1 heterocycles. The van der Waals surface area contributed by atoms with Crippen molar-refractivity contribution in [2.75, 3.05) is 0 Å². The van der Waals surface area contributed by atoms with Crippen molar-refractivity contribution in [3.63, 3.8) is 0 Å². The number of carbonyl (C=O) groups is 2. The lowest BCUT2D eigenvalue weighted by molar-refractivity contribution is -0.141. The fourth-order valence-corrected chi connectivity index (χ4v) is 2.80. The van der Waals surface area contributed by atoms with E-state index in [1.54, 1.807) is 26.2 Å². The second-order valence-corrected chi connectivity index (χ2v) is 6.83. The van der Waals surface area contributed by atoms with Crippen molar-refractivity contribution in [1.82, 2.24) is 15.6 Å². The Morgan fingerprint density at radius 3 is 2.48 bits per heavy atom. The molecule has 1 fully saturated rings. The molecule has 0 spiro atoms. The highest BCUT2D eigenvalue weighted by atomic mass is 16.2. The van der Waals surface area contributed by atoms with Crippen molar-refractivity contribution in [1.29, 1.82) is 0 Å². The molecule has 5 heteroatoms. The molecular formula is C18H27N3O2. The zero-order valence-corrected chi connectivity index (χ0v) is 14.1. The topological polar surface area (TPSA) is 71.1 Å². The molecule has 23 heavy (non-hydrogen) atoms. The monoisotopic (exact) mass is 317 g/mol. The first kappa shape index (κ1) is 17.4. The van der Waals surface area contributed by atoms with E-state index in [4.69, 9.17) is 0 Å². The Balaban J connectivity index is 1.87. The zero-order chi connectivity index (χ0) is 16.7. The quantitative estimate of drug-likeness (QED) is 0.647. The van der Waals surface area contributed by atoms with E-state index >= 15 is 0 Å². The summed E-state index contributed by atoms with van der Waals surface area (Å²) >= 11 is 0. The largest absolute Gasteiger partial charge is 0.352 e. The number of hydrogen-bond acceptors (Lipinski definition) is 3. The average Bonchev–Trinajstić information content (AvgIpc) is 2.82. The Morgan fingerprint density at radius 2 is 1.87 bits per heavy atom. The van der Waals surface area contributed by atoms with Gasteiger partial charge in [-0.15, -0.1) is 0 Å². The summed E-state index contributed by atoms with van der Waals surface area (Å²) < 4.78 is 0. The lowest BCUT2D eigenvalue weighted by Crippen LogP contribution is -2.50. The zero-order valence-electron chi connectivity index (χ0n) is 14.1. The van der Waals surface area contributed by atoms with E-state index in [0.29, 0.717) is 6.54 Å². The molecule has 0 unspecified atom stereocenters. The molecule has 1 aliphatic carbocycles. The predicted octanol–water partition coefficient (Wildman–Crippen LogP) is 2.56. The highest BCUT2D eigenvalue weighted by Crippen LogP contribution is 2.21. The number of carbonyl (C=O) groups excluding carboxylic acids is 2. The molecule has 2 amide bonds. The lowest BCUT2D eigenvalue weighted by Gasteiger charge is -2.26. The van der Waals surface area contributed by atoms with Crippen LogP contribution in [0.4, 0.5) is 0 Å². The fraction of sp³-hybridized carbons (Fsp3) is 0.611. The van der Waals surface area contributed by atoms with E-state index in [0.717, 1.165) is 31.2 Å².